The second-order valence-corrected chi connectivity index (χ2v) is 3.69. The Morgan fingerprint density at radius 3 is 2.38 bits per heavy atom. The summed E-state index contributed by atoms with van der Waals surface area (Å²) in [6.45, 7) is 0. The van der Waals surface area contributed by atoms with Crippen LogP contribution in [0.25, 0.3) is 0 Å². The molecule has 0 saturated carbocycles. The number of aromatic hydroxyl groups is 2. The zero-order valence-corrected chi connectivity index (χ0v) is 8.72. The second-order valence-electron chi connectivity index (χ2n) is 3.69. The molecule has 0 amide bonds. The highest BCUT2D eigenvalue weighted by Crippen LogP contribution is 2.25. The summed E-state index contributed by atoms with van der Waals surface area (Å²) in [6.07, 6.45) is 0.554. The fourth-order valence-electron chi connectivity index (χ4n) is 1.61. The Morgan fingerprint density at radius 1 is 0.938 bits per heavy atom. The first-order valence-electron chi connectivity index (χ1n) is 5.01. The third kappa shape index (κ3) is 2.08. The zero-order chi connectivity index (χ0) is 11.5. The first-order valence-corrected chi connectivity index (χ1v) is 5.01. The van der Waals surface area contributed by atoms with Crippen LogP contribution in [0.1, 0.15) is 11.1 Å². The van der Waals surface area contributed by atoms with E-state index in [9.17, 15) is 10.2 Å². The summed E-state index contributed by atoms with van der Waals surface area (Å²) in [5.74, 6) is 0.411. The predicted octanol–water partition coefficient (Wildman–Crippen LogP) is 2.27. The minimum atomic E-state index is 0.151. The van der Waals surface area contributed by atoms with Crippen molar-refractivity contribution in [3.05, 3.63) is 53.6 Å². The van der Waals surface area contributed by atoms with Crippen molar-refractivity contribution < 1.29 is 10.2 Å². The Morgan fingerprint density at radius 2 is 1.69 bits per heavy atom. The maximum absolute atomic E-state index is 9.63. The highest BCUT2D eigenvalue weighted by molar-refractivity contribution is 5.53. The molecule has 3 nitrogen and oxygen atoms in total. The first-order chi connectivity index (χ1) is 7.66. The van der Waals surface area contributed by atoms with Gasteiger partial charge in [0.1, 0.15) is 11.5 Å². The van der Waals surface area contributed by atoms with Gasteiger partial charge in [-0.25, -0.2) is 0 Å². The van der Waals surface area contributed by atoms with Crippen molar-refractivity contribution in [3.63, 3.8) is 0 Å². The summed E-state index contributed by atoms with van der Waals surface area (Å²) < 4.78 is 0. The Hall–Kier alpha value is -2.16. The summed E-state index contributed by atoms with van der Waals surface area (Å²) >= 11 is 0. The fourth-order valence-corrected chi connectivity index (χ4v) is 1.61. The third-order valence-corrected chi connectivity index (χ3v) is 2.50. The maximum Gasteiger partial charge on any atom is 0.119 e. The molecule has 0 bridgehead atoms. The summed E-state index contributed by atoms with van der Waals surface area (Å²) in [7, 11) is 0. The third-order valence-electron chi connectivity index (χ3n) is 2.50. The van der Waals surface area contributed by atoms with Crippen LogP contribution in [0.2, 0.25) is 0 Å². The molecule has 0 aliphatic rings. The molecule has 0 fully saturated rings. The lowest BCUT2D eigenvalue weighted by Gasteiger charge is -2.07. The van der Waals surface area contributed by atoms with Crippen LogP contribution in [0.3, 0.4) is 0 Å². The Labute approximate surface area is 93.8 Å². The van der Waals surface area contributed by atoms with Crippen LogP contribution in [0.15, 0.2) is 42.5 Å². The smallest absolute Gasteiger partial charge is 0.119 e. The van der Waals surface area contributed by atoms with Crippen molar-refractivity contribution in [2.45, 2.75) is 6.42 Å². The average Bonchev–Trinajstić information content (AvgIpc) is 2.25. The van der Waals surface area contributed by atoms with Gasteiger partial charge in [-0.2, -0.15) is 0 Å². The van der Waals surface area contributed by atoms with Gasteiger partial charge in [0.2, 0.25) is 0 Å². The van der Waals surface area contributed by atoms with E-state index in [0.29, 0.717) is 12.1 Å². The van der Waals surface area contributed by atoms with E-state index in [1.54, 1.807) is 24.3 Å². The quantitative estimate of drug-likeness (QED) is 0.673. The molecule has 4 N–H and O–H groups in total. The largest absolute Gasteiger partial charge is 0.508 e. The average molecular weight is 215 g/mol. The molecule has 2 aromatic rings. The summed E-state index contributed by atoms with van der Waals surface area (Å²) in [5, 5.41) is 18.9. The predicted molar refractivity (Wildman–Crippen MR) is 63.4 cm³/mol. The Kier molecular flexibility index (Phi) is 2.68. The number of para-hydroxylation sites is 1. The normalized spacial score (nSPS) is 10.2. The van der Waals surface area contributed by atoms with E-state index in [4.69, 9.17) is 5.73 Å². The molecule has 0 heterocycles. The molecule has 0 aliphatic heterocycles. The number of hydrogen-bond donors (Lipinski definition) is 3. The number of nitrogen functional groups attached to an aromatic ring is 1. The van der Waals surface area contributed by atoms with Gasteiger partial charge in [-0.05, 0) is 23.3 Å². The summed E-state index contributed by atoms with van der Waals surface area (Å²) in [4.78, 5) is 0. The lowest BCUT2D eigenvalue weighted by Crippen LogP contribution is -1.95. The van der Waals surface area contributed by atoms with Gasteiger partial charge >= 0.3 is 0 Å². The van der Waals surface area contributed by atoms with E-state index in [0.717, 1.165) is 11.1 Å². The molecular weight excluding hydrogens is 202 g/mol. The molecule has 0 unspecified atom stereocenters. The van der Waals surface area contributed by atoms with Gasteiger partial charge in [0.05, 0.1) is 0 Å². The van der Waals surface area contributed by atoms with Crippen LogP contribution in [0.4, 0.5) is 5.69 Å². The van der Waals surface area contributed by atoms with Gasteiger partial charge in [0.25, 0.3) is 0 Å². The van der Waals surface area contributed by atoms with Crippen molar-refractivity contribution in [3.8, 4) is 11.5 Å². The summed E-state index contributed by atoms with van der Waals surface area (Å²) in [6, 6.07) is 12.0. The van der Waals surface area contributed by atoms with Crippen LogP contribution in [0, 0.1) is 0 Å². The van der Waals surface area contributed by atoms with Crippen LogP contribution in [-0.4, -0.2) is 10.2 Å². The topological polar surface area (TPSA) is 66.5 Å². The highest BCUT2D eigenvalue weighted by atomic mass is 16.3. The zero-order valence-electron chi connectivity index (χ0n) is 8.72. The Balaban J connectivity index is 2.31. The molecule has 2 aromatic carbocycles. The van der Waals surface area contributed by atoms with Gasteiger partial charge in [0, 0.05) is 18.2 Å². The SMILES string of the molecule is Nc1cc(O)ccc1Cc1ccccc1O. The van der Waals surface area contributed by atoms with E-state index in [2.05, 4.69) is 0 Å². The number of nitrogens with two attached hydrogens (primary N) is 1. The van der Waals surface area contributed by atoms with E-state index in [1.807, 2.05) is 12.1 Å². The van der Waals surface area contributed by atoms with Gasteiger partial charge in [-0.3, -0.25) is 0 Å². The number of benzene rings is 2. The molecule has 2 rings (SSSR count). The minimum Gasteiger partial charge on any atom is -0.508 e. The molecule has 0 radical (unpaired) electrons. The number of phenolic OH excluding ortho intramolecular Hbond substituents is 2. The molecule has 0 saturated heterocycles. The molecule has 3 heteroatoms. The molecule has 0 aliphatic carbocycles. The van der Waals surface area contributed by atoms with Crippen molar-refractivity contribution in [2.24, 2.45) is 0 Å². The molecular formula is C13H13NO2. The first kappa shape index (κ1) is 10.4. The van der Waals surface area contributed by atoms with E-state index >= 15 is 0 Å². The van der Waals surface area contributed by atoms with Crippen LogP contribution in [0.5, 0.6) is 11.5 Å². The molecule has 0 aromatic heterocycles. The van der Waals surface area contributed by atoms with E-state index < -0.39 is 0 Å². The van der Waals surface area contributed by atoms with Crippen molar-refractivity contribution in [1.29, 1.82) is 0 Å². The maximum atomic E-state index is 9.63. The fraction of sp³-hybridized carbons (Fsp3) is 0.0769. The van der Waals surface area contributed by atoms with E-state index in [-0.39, 0.29) is 11.5 Å². The van der Waals surface area contributed by atoms with E-state index in [1.165, 1.54) is 6.07 Å². The number of anilines is 1. The van der Waals surface area contributed by atoms with Gasteiger partial charge in [0.15, 0.2) is 0 Å². The van der Waals surface area contributed by atoms with Crippen molar-refractivity contribution in [1.82, 2.24) is 0 Å². The summed E-state index contributed by atoms with van der Waals surface area (Å²) in [5.41, 5.74) is 8.02. The van der Waals surface area contributed by atoms with Crippen molar-refractivity contribution in [2.75, 3.05) is 5.73 Å². The van der Waals surface area contributed by atoms with Crippen LogP contribution in [-0.2, 0) is 6.42 Å². The monoisotopic (exact) mass is 215 g/mol. The van der Waals surface area contributed by atoms with Gasteiger partial charge in [-0.15, -0.1) is 0 Å². The number of rotatable bonds is 2. The lowest BCUT2D eigenvalue weighted by molar-refractivity contribution is 0.469. The minimum absolute atomic E-state index is 0.151. The number of hydrogen-bond acceptors (Lipinski definition) is 3. The standard InChI is InChI=1S/C13H13NO2/c14-12-8-11(15)6-5-9(12)7-10-3-1-2-4-13(10)16/h1-6,8,15-16H,7,14H2. The molecule has 0 spiro atoms. The Bertz CT molecular complexity index is 509. The molecule has 16 heavy (non-hydrogen) atoms. The van der Waals surface area contributed by atoms with Crippen molar-refractivity contribution >= 4 is 5.69 Å². The second kappa shape index (κ2) is 4.14. The number of phenols is 2. The highest BCUT2D eigenvalue weighted by Gasteiger charge is 2.05. The van der Waals surface area contributed by atoms with Crippen LogP contribution >= 0.6 is 0 Å². The molecule has 0 atom stereocenters. The van der Waals surface area contributed by atoms with Gasteiger partial charge < -0.3 is 15.9 Å². The van der Waals surface area contributed by atoms with Gasteiger partial charge in [-0.1, -0.05) is 24.3 Å². The molecule has 82 valence electrons. The van der Waals surface area contributed by atoms with Crippen LogP contribution < -0.4 is 5.73 Å². The lowest BCUT2D eigenvalue weighted by atomic mass is 10.0.